The fraction of sp³-hybridized carbons (Fsp3) is 0.500. The average molecular weight is 448 g/mol. The fourth-order valence-corrected chi connectivity index (χ4v) is 4.77. The Labute approximate surface area is 194 Å². The van der Waals surface area contributed by atoms with Gasteiger partial charge in [0.15, 0.2) is 5.65 Å². The molecule has 1 aliphatic heterocycles. The summed E-state index contributed by atoms with van der Waals surface area (Å²) in [6.45, 7) is 11.1. The van der Waals surface area contributed by atoms with Gasteiger partial charge < -0.3 is 5.11 Å². The predicted octanol–water partition coefficient (Wildman–Crippen LogP) is 3.67. The Balaban J connectivity index is 1.73. The van der Waals surface area contributed by atoms with E-state index in [2.05, 4.69) is 31.7 Å². The molecule has 33 heavy (non-hydrogen) atoms. The fourth-order valence-electron chi connectivity index (χ4n) is 4.77. The van der Waals surface area contributed by atoms with Gasteiger partial charge in [-0.1, -0.05) is 26.8 Å². The number of β-amino-alcohol motifs (C(OH)–C–C–N with tert-alkyl or cyclic N) is 1. The lowest BCUT2D eigenvalue weighted by atomic mass is 9.94. The molecule has 174 valence electrons. The average Bonchev–Trinajstić information content (AvgIpc) is 2.96. The number of nitriles is 1. The Morgan fingerprint density at radius 3 is 2.67 bits per heavy atom. The topological polar surface area (TPSA) is 87.1 Å². The lowest BCUT2D eigenvalue weighted by Gasteiger charge is -2.36. The van der Waals surface area contributed by atoms with Gasteiger partial charge in [-0.25, -0.2) is 9.78 Å². The number of rotatable bonds is 4. The van der Waals surface area contributed by atoms with Gasteiger partial charge in [0.25, 0.3) is 0 Å². The number of benzene rings is 1. The maximum Gasteiger partial charge on any atom is 0.330 e. The van der Waals surface area contributed by atoms with E-state index >= 15 is 0 Å². The van der Waals surface area contributed by atoms with Crippen LogP contribution in [0.5, 0.6) is 0 Å². The standard InChI is InChI=1S/C26H33N5O2/c1-25(2,3)16-31-22-10-9-21(28-23(22)29(5)24(31)32)20-13-18(7-8-19(20)14-27)15-30-12-6-11-26(4,33)17-30/h7-10,13,33H,6,11-12,15-17H2,1-5H3. The molecule has 0 spiro atoms. The molecule has 7 nitrogen and oxygen atoms in total. The smallest absolute Gasteiger partial charge is 0.330 e. The monoisotopic (exact) mass is 447 g/mol. The number of likely N-dealkylation sites (tertiary alicyclic amines) is 1. The Kier molecular flexibility index (Phi) is 5.94. The van der Waals surface area contributed by atoms with Crippen LogP contribution in [0.4, 0.5) is 0 Å². The van der Waals surface area contributed by atoms with E-state index in [0.717, 1.165) is 36.0 Å². The molecule has 1 aliphatic rings. The zero-order valence-corrected chi connectivity index (χ0v) is 20.2. The lowest BCUT2D eigenvalue weighted by Crippen LogP contribution is -2.45. The maximum atomic E-state index is 12.9. The number of aliphatic hydroxyl groups is 1. The molecule has 1 N–H and O–H groups in total. The second-order valence-electron chi connectivity index (χ2n) is 10.8. The van der Waals surface area contributed by atoms with Gasteiger partial charge in [0.05, 0.1) is 28.4 Å². The Morgan fingerprint density at radius 2 is 2.00 bits per heavy atom. The zero-order chi connectivity index (χ0) is 24.0. The Hall–Kier alpha value is -2.95. The van der Waals surface area contributed by atoms with E-state index in [1.807, 2.05) is 37.3 Å². The number of hydrogen-bond donors (Lipinski definition) is 1. The van der Waals surface area contributed by atoms with E-state index in [1.54, 1.807) is 16.2 Å². The minimum atomic E-state index is -0.661. The van der Waals surface area contributed by atoms with Crippen molar-refractivity contribution in [3.8, 4) is 17.3 Å². The van der Waals surface area contributed by atoms with Crippen LogP contribution in [0.2, 0.25) is 0 Å². The summed E-state index contributed by atoms with van der Waals surface area (Å²) in [5.74, 6) is 0. The molecule has 1 fully saturated rings. The van der Waals surface area contributed by atoms with E-state index < -0.39 is 5.60 Å². The van der Waals surface area contributed by atoms with Crippen LogP contribution in [-0.2, 0) is 20.1 Å². The highest BCUT2D eigenvalue weighted by atomic mass is 16.3. The summed E-state index contributed by atoms with van der Waals surface area (Å²) in [7, 11) is 1.74. The molecular formula is C26H33N5O2. The third kappa shape index (κ3) is 4.87. The number of imidazole rings is 1. The molecule has 1 aromatic carbocycles. The Morgan fingerprint density at radius 1 is 1.24 bits per heavy atom. The van der Waals surface area contributed by atoms with Gasteiger partial charge in [0.2, 0.25) is 0 Å². The maximum absolute atomic E-state index is 12.9. The predicted molar refractivity (Wildman–Crippen MR) is 130 cm³/mol. The number of pyridine rings is 1. The van der Waals surface area contributed by atoms with E-state index in [9.17, 15) is 15.2 Å². The van der Waals surface area contributed by atoms with Crippen LogP contribution >= 0.6 is 0 Å². The SMILES string of the molecule is Cn1c(=O)n(CC(C)(C)C)c2ccc(-c3cc(CN4CCCC(C)(O)C4)ccc3C#N)nc21. The van der Waals surface area contributed by atoms with Crippen molar-refractivity contribution in [1.82, 2.24) is 19.0 Å². The van der Waals surface area contributed by atoms with Crippen LogP contribution in [0.25, 0.3) is 22.4 Å². The van der Waals surface area contributed by atoms with Crippen molar-refractivity contribution < 1.29 is 5.11 Å². The molecule has 1 atom stereocenters. The van der Waals surface area contributed by atoms with Crippen LogP contribution < -0.4 is 5.69 Å². The molecule has 0 aliphatic carbocycles. The summed E-state index contributed by atoms with van der Waals surface area (Å²) in [5.41, 5.74) is 3.68. The molecule has 1 saturated heterocycles. The van der Waals surface area contributed by atoms with Crippen LogP contribution in [0.15, 0.2) is 35.1 Å². The molecule has 0 radical (unpaired) electrons. The molecule has 0 saturated carbocycles. The minimum Gasteiger partial charge on any atom is -0.389 e. The number of piperidine rings is 1. The van der Waals surface area contributed by atoms with Crippen molar-refractivity contribution in [2.75, 3.05) is 13.1 Å². The number of fused-ring (bicyclic) bond motifs is 1. The van der Waals surface area contributed by atoms with E-state index in [0.29, 0.717) is 36.5 Å². The van der Waals surface area contributed by atoms with Crippen LogP contribution in [0.3, 0.4) is 0 Å². The van der Waals surface area contributed by atoms with E-state index in [1.165, 1.54) is 0 Å². The lowest BCUT2D eigenvalue weighted by molar-refractivity contribution is -0.0181. The summed E-state index contributed by atoms with van der Waals surface area (Å²) in [6, 6.07) is 11.9. The quantitative estimate of drug-likeness (QED) is 0.659. The van der Waals surface area contributed by atoms with Crippen molar-refractivity contribution in [3.05, 3.63) is 51.9 Å². The first kappa shape index (κ1) is 23.2. The van der Waals surface area contributed by atoms with Crippen molar-refractivity contribution in [2.45, 2.75) is 59.2 Å². The first-order chi connectivity index (χ1) is 15.5. The van der Waals surface area contributed by atoms with E-state index in [4.69, 9.17) is 4.98 Å². The summed E-state index contributed by atoms with van der Waals surface area (Å²) in [6.07, 6.45) is 1.79. The summed E-state index contributed by atoms with van der Waals surface area (Å²) < 4.78 is 3.35. The summed E-state index contributed by atoms with van der Waals surface area (Å²) >= 11 is 0. The van der Waals surface area contributed by atoms with Gasteiger partial charge in [-0.3, -0.25) is 14.0 Å². The number of nitrogens with zero attached hydrogens (tertiary/aromatic N) is 5. The van der Waals surface area contributed by atoms with Crippen molar-refractivity contribution in [2.24, 2.45) is 12.5 Å². The molecule has 3 aromatic rings. The van der Waals surface area contributed by atoms with Gasteiger partial charge in [-0.2, -0.15) is 5.26 Å². The molecule has 0 amide bonds. The van der Waals surface area contributed by atoms with Crippen molar-refractivity contribution in [3.63, 3.8) is 0 Å². The van der Waals surface area contributed by atoms with Crippen LogP contribution in [0.1, 0.15) is 51.7 Å². The largest absolute Gasteiger partial charge is 0.389 e. The second kappa shape index (κ2) is 8.44. The molecule has 0 bridgehead atoms. The highest BCUT2D eigenvalue weighted by Gasteiger charge is 2.28. The first-order valence-electron chi connectivity index (χ1n) is 11.5. The first-order valence-corrected chi connectivity index (χ1v) is 11.5. The molecular weight excluding hydrogens is 414 g/mol. The van der Waals surface area contributed by atoms with Crippen LogP contribution in [0, 0.1) is 16.7 Å². The number of aromatic nitrogens is 3. The van der Waals surface area contributed by atoms with Gasteiger partial charge in [-0.15, -0.1) is 0 Å². The third-order valence-corrected chi connectivity index (χ3v) is 6.25. The molecule has 7 heteroatoms. The molecule has 3 heterocycles. The van der Waals surface area contributed by atoms with Gasteiger partial charge in [-0.05, 0) is 61.6 Å². The van der Waals surface area contributed by atoms with Gasteiger partial charge in [0.1, 0.15) is 0 Å². The summed E-state index contributed by atoms with van der Waals surface area (Å²) in [5, 5.41) is 20.2. The highest BCUT2D eigenvalue weighted by molar-refractivity contribution is 5.78. The van der Waals surface area contributed by atoms with Crippen LogP contribution in [-0.4, -0.2) is 42.8 Å². The minimum absolute atomic E-state index is 0.0435. The molecule has 2 aromatic heterocycles. The highest BCUT2D eigenvalue weighted by Crippen LogP contribution is 2.28. The number of hydrogen-bond acceptors (Lipinski definition) is 5. The van der Waals surface area contributed by atoms with E-state index in [-0.39, 0.29) is 11.1 Å². The summed E-state index contributed by atoms with van der Waals surface area (Å²) in [4.78, 5) is 19.9. The third-order valence-electron chi connectivity index (χ3n) is 6.25. The number of aryl methyl sites for hydroxylation is 1. The van der Waals surface area contributed by atoms with Gasteiger partial charge in [0, 0.05) is 32.2 Å². The molecule has 4 rings (SSSR count). The normalized spacial score (nSPS) is 19.7. The molecule has 1 unspecified atom stereocenters. The zero-order valence-electron chi connectivity index (χ0n) is 20.2. The van der Waals surface area contributed by atoms with Crippen molar-refractivity contribution >= 4 is 11.2 Å². The van der Waals surface area contributed by atoms with Gasteiger partial charge >= 0.3 is 5.69 Å². The Bertz CT molecular complexity index is 1290. The second-order valence-corrected chi connectivity index (χ2v) is 10.8. The van der Waals surface area contributed by atoms with Crippen molar-refractivity contribution in [1.29, 1.82) is 5.26 Å².